The van der Waals surface area contributed by atoms with E-state index in [1.807, 2.05) is 0 Å². The largest absolute Gasteiger partial charge is 0.506 e. The molecular weight excluding hydrogens is 281 g/mol. The summed E-state index contributed by atoms with van der Waals surface area (Å²) in [6.07, 6.45) is 0. The van der Waals surface area contributed by atoms with E-state index in [0.29, 0.717) is 5.56 Å². The second-order valence-corrected chi connectivity index (χ2v) is 4.65. The van der Waals surface area contributed by atoms with Gasteiger partial charge in [0, 0.05) is 11.6 Å². The molecule has 2 rings (SSSR count). The highest BCUT2D eigenvalue weighted by Gasteiger charge is 2.17. The highest BCUT2D eigenvalue weighted by atomic mass is 35.5. The molecule has 0 radical (unpaired) electrons. The van der Waals surface area contributed by atoms with Crippen molar-refractivity contribution < 1.29 is 13.9 Å². The molecule has 2 aromatic rings. The number of halogens is 4. The van der Waals surface area contributed by atoms with Crippen molar-refractivity contribution in [3.05, 3.63) is 51.5 Å². The van der Waals surface area contributed by atoms with Gasteiger partial charge in [-0.05, 0) is 24.6 Å². The molecule has 1 N–H and O–H groups in total. The van der Waals surface area contributed by atoms with Gasteiger partial charge in [-0.1, -0.05) is 29.3 Å². The third kappa shape index (κ3) is 2.16. The molecule has 0 unspecified atom stereocenters. The lowest BCUT2D eigenvalue weighted by atomic mass is 10.0. The molecule has 0 aliphatic rings. The maximum Gasteiger partial charge on any atom is 0.136 e. The first-order valence-electron chi connectivity index (χ1n) is 5.04. The van der Waals surface area contributed by atoms with Gasteiger partial charge in [-0.3, -0.25) is 0 Å². The van der Waals surface area contributed by atoms with E-state index in [1.165, 1.54) is 19.1 Å². The van der Waals surface area contributed by atoms with Crippen molar-refractivity contribution in [2.24, 2.45) is 0 Å². The predicted octanol–water partition coefficient (Wildman–Crippen LogP) is 4.95. The molecule has 0 heterocycles. The molecule has 0 spiro atoms. The van der Waals surface area contributed by atoms with Gasteiger partial charge in [0.05, 0.1) is 15.6 Å². The van der Waals surface area contributed by atoms with E-state index in [9.17, 15) is 13.9 Å². The lowest BCUT2D eigenvalue weighted by Gasteiger charge is -2.10. The van der Waals surface area contributed by atoms with Crippen LogP contribution in [0.15, 0.2) is 24.3 Å². The molecule has 0 saturated carbocycles. The number of hydrogen-bond donors (Lipinski definition) is 1. The summed E-state index contributed by atoms with van der Waals surface area (Å²) in [7, 11) is 0. The van der Waals surface area contributed by atoms with Gasteiger partial charge in [-0.25, -0.2) is 8.78 Å². The van der Waals surface area contributed by atoms with Crippen LogP contribution in [0.4, 0.5) is 8.78 Å². The molecule has 94 valence electrons. The normalized spacial score (nSPS) is 10.7. The lowest BCUT2D eigenvalue weighted by molar-refractivity contribution is 0.475. The van der Waals surface area contributed by atoms with Crippen LogP contribution in [-0.4, -0.2) is 5.11 Å². The van der Waals surface area contributed by atoms with Crippen molar-refractivity contribution in [2.75, 3.05) is 0 Å². The number of phenolic OH excluding ortho intramolecular Hbond substituents is 1. The van der Waals surface area contributed by atoms with Gasteiger partial charge in [-0.2, -0.15) is 0 Å². The monoisotopic (exact) mass is 288 g/mol. The number of aryl methyl sites for hydroxylation is 1. The van der Waals surface area contributed by atoms with E-state index in [1.54, 1.807) is 0 Å². The second kappa shape index (κ2) is 4.75. The van der Waals surface area contributed by atoms with Gasteiger partial charge in [0.1, 0.15) is 17.4 Å². The number of aromatic hydroxyl groups is 1. The van der Waals surface area contributed by atoms with Crippen LogP contribution in [0.3, 0.4) is 0 Å². The van der Waals surface area contributed by atoms with Gasteiger partial charge in [0.25, 0.3) is 0 Å². The quantitative estimate of drug-likeness (QED) is 0.787. The average molecular weight is 289 g/mol. The molecule has 0 amide bonds. The van der Waals surface area contributed by atoms with Gasteiger partial charge < -0.3 is 5.11 Å². The van der Waals surface area contributed by atoms with Gasteiger partial charge >= 0.3 is 0 Å². The van der Waals surface area contributed by atoms with Crippen LogP contribution in [-0.2, 0) is 0 Å². The summed E-state index contributed by atoms with van der Waals surface area (Å²) in [6.45, 7) is 1.52. The zero-order valence-electron chi connectivity index (χ0n) is 9.27. The van der Waals surface area contributed by atoms with Crippen molar-refractivity contribution >= 4 is 23.2 Å². The van der Waals surface area contributed by atoms with E-state index in [0.717, 1.165) is 12.1 Å². The Labute approximate surface area is 113 Å². The predicted molar refractivity (Wildman–Crippen MR) is 68.2 cm³/mol. The third-order valence-corrected chi connectivity index (χ3v) is 3.21. The summed E-state index contributed by atoms with van der Waals surface area (Å²) < 4.78 is 27.7. The van der Waals surface area contributed by atoms with Crippen LogP contribution in [0.5, 0.6) is 5.75 Å². The molecule has 0 saturated heterocycles. The smallest absolute Gasteiger partial charge is 0.136 e. The molecule has 0 aliphatic heterocycles. The fourth-order valence-corrected chi connectivity index (χ4v) is 2.05. The molecule has 5 heteroatoms. The van der Waals surface area contributed by atoms with Crippen LogP contribution < -0.4 is 0 Å². The fourth-order valence-electron chi connectivity index (χ4n) is 1.63. The molecule has 0 fully saturated rings. The Morgan fingerprint density at radius 1 is 1.06 bits per heavy atom. The Morgan fingerprint density at radius 2 is 1.72 bits per heavy atom. The summed E-state index contributed by atoms with van der Waals surface area (Å²) in [5.41, 5.74) is 0.159. The molecule has 0 aliphatic carbocycles. The number of rotatable bonds is 1. The number of benzene rings is 2. The minimum atomic E-state index is -0.734. The Hall–Kier alpha value is -1.32. The van der Waals surface area contributed by atoms with Crippen molar-refractivity contribution in [3.8, 4) is 16.9 Å². The van der Waals surface area contributed by atoms with Crippen molar-refractivity contribution in [1.29, 1.82) is 0 Å². The topological polar surface area (TPSA) is 20.2 Å². The molecule has 0 bridgehead atoms. The Bertz CT molecular complexity index is 627. The summed E-state index contributed by atoms with van der Waals surface area (Å²) >= 11 is 11.6. The summed E-state index contributed by atoms with van der Waals surface area (Å²) in [5, 5.41) is 9.37. The minimum absolute atomic E-state index is 0.0188. The van der Waals surface area contributed by atoms with E-state index in [-0.39, 0.29) is 26.9 Å². The second-order valence-electron chi connectivity index (χ2n) is 3.84. The molecule has 1 nitrogen and oxygen atoms in total. The first-order chi connectivity index (χ1) is 8.41. The van der Waals surface area contributed by atoms with Crippen molar-refractivity contribution in [1.82, 2.24) is 0 Å². The summed E-state index contributed by atoms with van der Waals surface area (Å²) in [4.78, 5) is 0. The zero-order valence-corrected chi connectivity index (χ0v) is 10.8. The van der Waals surface area contributed by atoms with Gasteiger partial charge in [0.15, 0.2) is 0 Å². The Balaban J connectivity index is 2.77. The summed E-state index contributed by atoms with van der Waals surface area (Å²) in [6, 6.07) is 4.88. The SMILES string of the molecule is Cc1ccc(F)c(-c2cc(Cl)c(O)cc2Cl)c1F. The maximum absolute atomic E-state index is 14.0. The lowest BCUT2D eigenvalue weighted by Crippen LogP contribution is -1.94. The van der Waals surface area contributed by atoms with Gasteiger partial charge in [-0.15, -0.1) is 0 Å². The fraction of sp³-hybridized carbons (Fsp3) is 0.0769. The van der Waals surface area contributed by atoms with E-state index >= 15 is 0 Å². The van der Waals surface area contributed by atoms with Crippen LogP contribution in [0, 0.1) is 18.6 Å². The number of hydrogen-bond acceptors (Lipinski definition) is 1. The van der Waals surface area contributed by atoms with E-state index in [4.69, 9.17) is 23.2 Å². The summed E-state index contributed by atoms with van der Waals surface area (Å²) in [5.74, 6) is -1.67. The van der Waals surface area contributed by atoms with Crippen LogP contribution >= 0.6 is 23.2 Å². The molecular formula is C13H8Cl2F2O. The van der Waals surface area contributed by atoms with Crippen molar-refractivity contribution in [3.63, 3.8) is 0 Å². The maximum atomic E-state index is 14.0. The molecule has 0 atom stereocenters. The standard InChI is InChI=1S/C13H8Cl2F2O/c1-6-2-3-10(16)12(13(6)17)7-4-9(15)11(18)5-8(7)14/h2-5,18H,1H3. The first-order valence-corrected chi connectivity index (χ1v) is 5.80. The van der Waals surface area contributed by atoms with Crippen LogP contribution in [0.25, 0.3) is 11.1 Å². The van der Waals surface area contributed by atoms with E-state index in [2.05, 4.69) is 0 Å². The molecule has 18 heavy (non-hydrogen) atoms. The number of phenols is 1. The van der Waals surface area contributed by atoms with Gasteiger partial charge in [0.2, 0.25) is 0 Å². The Morgan fingerprint density at radius 3 is 2.39 bits per heavy atom. The van der Waals surface area contributed by atoms with Crippen LogP contribution in [0.1, 0.15) is 5.56 Å². The highest BCUT2D eigenvalue weighted by Crippen LogP contribution is 2.38. The van der Waals surface area contributed by atoms with Crippen molar-refractivity contribution in [2.45, 2.75) is 6.92 Å². The zero-order chi connectivity index (χ0) is 13.4. The molecule has 0 aromatic heterocycles. The third-order valence-electron chi connectivity index (χ3n) is 2.59. The van der Waals surface area contributed by atoms with E-state index < -0.39 is 11.6 Å². The Kier molecular flexibility index (Phi) is 3.46. The first kappa shape index (κ1) is 13.1. The highest BCUT2D eigenvalue weighted by molar-refractivity contribution is 6.36. The average Bonchev–Trinajstić information content (AvgIpc) is 2.31. The molecule has 2 aromatic carbocycles. The minimum Gasteiger partial charge on any atom is -0.506 e. The van der Waals surface area contributed by atoms with Crippen LogP contribution in [0.2, 0.25) is 10.0 Å².